The molecule has 1 heterocycles. The van der Waals surface area contributed by atoms with Gasteiger partial charge in [-0.2, -0.15) is 0 Å². The number of esters is 1. The first-order valence-corrected chi connectivity index (χ1v) is 12.9. The van der Waals surface area contributed by atoms with Crippen molar-refractivity contribution in [3.8, 4) is 0 Å². The van der Waals surface area contributed by atoms with Crippen molar-refractivity contribution in [1.29, 1.82) is 0 Å². The summed E-state index contributed by atoms with van der Waals surface area (Å²) in [5.74, 6) is -0.0870. The first-order valence-electron chi connectivity index (χ1n) is 12.1. The summed E-state index contributed by atoms with van der Waals surface area (Å²) >= 11 is 1.44. The third kappa shape index (κ3) is 5.37. The van der Waals surface area contributed by atoms with Gasteiger partial charge < -0.3 is 19.1 Å². The lowest BCUT2D eigenvalue weighted by Crippen LogP contribution is -2.50. The van der Waals surface area contributed by atoms with Crippen LogP contribution in [0.3, 0.4) is 0 Å². The van der Waals surface area contributed by atoms with Crippen LogP contribution in [0.15, 0.2) is 6.07 Å². The molecule has 2 aliphatic carbocycles. The molecule has 0 atom stereocenters. The molecule has 0 saturated heterocycles. The van der Waals surface area contributed by atoms with Crippen LogP contribution in [0.2, 0.25) is 0 Å². The van der Waals surface area contributed by atoms with E-state index in [1.807, 2.05) is 17.9 Å². The third-order valence-electron chi connectivity index (χ3n) is 7.21. The fraction of sp³-hybridized carbons (Fsp3) is 0.760. The van der Waals surface area contributed by atoms with Crippen LogP contribution in [0, 0.1) is 11.8 Å². The molecule has 180 valence electrons. The topological polar surface area (TPSA) is 65.1 Å². The second-order valence-electron chi connectivity index (χ2n) is 9.22. The number of amides is 1. The Morgan fingerprint density at radius 1 is 1.09 bits per heavy atom. The number of hydrogen-bond acceptors (Lipinski definition) is 6. The van der Waals surface area contributed by atoms with Gasteiger partial charge in [0.25, 0.3) is 0 Å². The molecule has 0 bridgehead atoms. The number of methoxy groups -OCH3 is 2. The summed E-state index contributed by atoms with van der Waals surface area (Å²) in [4.78, 5) is 30.2. The van der Waals surface area contributed by atoms with Crippen LogP contribution in [0.5, 0.6) is 0 Å². The number of thiophene rings is 1. The normalized spacial score (nSPS) is 28.3. The van der Waals surface area contributed by atoms with E-state index < -0.39 is 5.79 Å². The smallest absolute Gasteiger partial charge is 0.350 e. The minimum atomic E-state index is -0.575. The number of carbonyl (C=O) groups is 2. The quantitative estimate of drug-likeness (QED) is 0.370. The summed E-state index contributed by atoms with van der Waals surface area (Å²) < 4.78 is 16.8. The standard InChI is InChI=1S/C25H39NO5S/c1-6-20-16-21(22(32-20)24(28)29-4)26(23(27)18-10-8-17(3)9-11-18)19-12-14-25(30-5,15-13-19)31-7-2/h16-19H,6-15H2,1-5H3. The summed E-state index contributed by atoms with van der Waals surface area (Å²) in [6.45, 7) is 6.91. The Balaban J connectivity index is 1.94. The van der Waals surface area contributed by atoms with E-state index in [4.69, 9.17) is 14.2 Å². The largest absolute Gasteiger partial charge is 0.465 e. The number of anilines is 1. The summed E-state index contributed by atoms with van der Waals surface area (Å²) in [7, 11) is 3.10. The van der Waals surface area contributed by atoms with Gasteiger partial charge in [0.2, 0.25) is 5.91 Å². The van der Waals surface area contributed by atoms with Gasteiger partial charge in [0.1, 0.15) is 4.88 Å². The van der Waals surface area contributed by atoms with Crippen molar-refractivity contribution >= 4 is 28.9 Å². The number of nitrogens with zero attached hydrogens (tertiary/aromatic N) is 1. The Morgan fingerprint density at radius 2 is 1.75 bits per heavy atom. The van der Waals surface area contributed by atoms with E-state index in [0.717, 1.165) is 68.4 Å². The van der Waals surface area contributed by atoms with Crippen molar-refractivity contribution < 1.29 is 23.8 Å². The molecule has 0 aliphatic heterocycles. The Kier molecular flexibility index (Phi) is 8.75. The van der Waals surface area contributed by atoms with Gasteiger partial charge in [-0.3, -0.25) is 4.79 Å². The number of carbonyl (C=O) groups excluding carboxylic acids is 2. The Hall–Kier alpha value is -1.44. The molecule has 1 aromatic rings. The zero-order valence-corrected chi connectivity index (χ0v) is 21.1. The van der Waals surface area contributed by atoms with E-state index in [1.54, 1.807) is 7.11 Å². The van der Waals surface area contributed by atoms with E-state index in [9.17, 15) is 9.59 Å². The van der Waals surface area contributed by atoms with Crippen molar-refractivity contribution in [2.24, 2.45) is 11.8 Å². The van der Waals surface area contributed by atoms with Crippen LogP contribution < -0.4 is 4.90 Å². The molecular formula is C25H39NO5S. The van der Waals surface area contributed by atoms with Crippen LogP contribution >= 0.6 is 11.3 Å². The molecule has 2 fully saturated rings. The van der Waals surface area contributed by atoms with E-state index in [-0.39, 0.29) is 23.8 Å². The molecular weight excluding hydrogens is 426 g/mol. The zero-order valence-electron chi connectivity index (χ0n) is 20.3. The van der Waals surface area contributed by atoms with Crippen molar-refractivity contribution in [1.82, 2.24) is 0 Å². The molecule has 32 heavy (non-hydrogen) atoms. The number of hydrogen-bond donors (Lipinski definition) is 0. The van der Waals surface area contributed by atoms with Gasteiger partial charge in [0.05, 0.1) is 12.8 Å². The Morgan fingerprint density at radius 3 is 2.28 bits per heavy atom. The van der Waals surface area contributed by atoms with Crippen LogP contribution in [-0.4, -0.2) is 44.5 Å². The molecule has 0 radical (unpaired) electrons. The highest BCUT2D eigenvalue weighted by molar-refractivity contribution is 7.14. The molecule has 7 heteroatoms. The summed E-state index contributed by atoms with van der Waals surface area (Å²) in [6, 6.07) is 2.05. The van der Waals surface area contributed by atoms with Gasteiger partial charge in [-0.15, -0.1) is 11.3 Å². The average Bonchev–Trinajstić information content (AvgIpc) is 3.24. The minimum absolute atomic E-state index is 0.0164. The predicted octanol–water partition coefficient (Wildman–Crippen LogP) is 5.58. The highest BCUT2D eigenvalue weighted by atomic mass is 32.1. The first-order chi connectivity index (χ1) is 15.4. The predicted molar refractivity (Wildman–Crippen MR) is 127 cm³/mol. The highest BCUT2D eigenvalue weighted by Gasteiger charge is 2.42. The van der Waals surface area contributed by atoms with Crippen molar-refractivity contribution in [2.45, 2.75) is 90.4 Å². The van der Waals surface area contributed by atoms with E-state index in [1.165, 1.54) is 18.4 Å². The second-order valence-corrected chi connectivity index (χ2v) is 10.4. The average molecular weight is 466 g/mol. The Labute approximate surface area is 196 Å². The maximum atomic E-state index is 13.9. The molecule has 6 nitrogen and oxygen atoms in total. The van der Waals surface area contributed by atoms with Crippen molar-refractivity contribution in [2.75, 3.05) is 25.7 Å². The Bertz CT molecular complexity index is 775. The molecule has 1 aromatic heterocycles. The van der Waals surface area contributed by atoms with Gasteiger partial charge in [0, 0.05) is 43.4 Å². The van der Waals surface area contributed by atoms with Crippen LogP contribution in [-0.2, 0) is 25.4 Å². The molecule has 1 amide bonds. The maximum Gasteiger partial charge on any atom is 0.350 e. The number of ether oxygens (including phenoxy) is 3. The molecule has 0 aromatic carbocycles. The van der Waals surface area contributed by atoms with Gasteiger partial charge >= 0.3 is 5.97 Å². The molecule has 0 spiro atoms. The zero-order chi connectivity index (χ0) is 23.3. The van der Waals surface area contributed by atoms with Gasteiger partial charge in [-0.05, 0) is 63.9 Å². The fourth-order valence-electron chi connectivity index (χ4n) is 5.19. The van der Waals surface area contributed by atoms with Gasteiger partial charge in [0.15, 0.2) is 5.79 Å². The molecule has 0 N–H and O–H groups in total. The van der Waals surface area contributed by atoms with Crippen LogP contribution in [0.1, 0.15) is 86.7 Å². The lowest BCUT2D eigenvalue weighted by molar-refractivity contribution is -0.237. The number of aryl methyl sites for hydroxylation is 1. The number of rotatable bonds is 8. The van der Waals surface area contributed by atoms with Gasteiger partial charge in [-0.25, -0.2) is 4.79 Å². The lowest BCUT2D eigenvalue weighted by atomic mass is 9.81. The van der Waals surface area contributed by atoms with Crippen molar-refractivity contribution in [3.63, 3.8) is 0 Å². The lowest BCUT2D eigenvalue weighted by Gasteiger charge is -2.43. The third-order valence-corrected chi connectivity index (χ3v) is 8.45. The van der Waals surface area contributed by atoms with E-state index >= 15 is 0 Å². The second kappa shape index (κ2) is 11.1. The van der Waals surface area contributed by atoms with Crippen LogP contribution in [0.4, 0.5) is 5.69 Å². The molecule has 3 rings (SSSR count). The fourth-order valence-corrected chi connectivity index (χ4v) is 6.20. The van der Waals surface area contributed by atoms with Crippen molar-refractivity contribution in [3.05, 3.63) is 15.8 Å². The minimum Gasteiger partial charge on any atom is -0.465 e. The molecule has 2 aliphatic rings. The van der Waals surface area contributed by atoms with E-state index in [0.29, 0.717) is 17.4 Å². The first kappa shape index (κ1) is 25.2. The molecule has 2 saturated carbocycles. The summed E-state index contributed by atoms with van der Waals surface area (Å²) in [6.07, 6.45) is 7.84. The highest BCUT2D eigenvalue weighted by Crippen LogP contribution is 2.41. The monoisotopic (exact) mass is 465 g/mol. The van der Waals surface area contributed by atoms with E-state index in [2.05, 4.69) is 13.8 Å². The summed E-state index contributed by atoms with van der Waals surface area (Å²) in [5, 5.41) is 0. The van der Waals surface area contributed by atoms with Gasteiger partial charge in [-0.1, -0.05) is 13.8 Å². The molecule has 0 unspecified atom stereocenters. The SMILES string of the molecule is CCOC1(OC)CCC(N(C(=O)C2CCC(C)CC2)c2cc(CC)sc2C(=O)OC)CC1. The van der Waals surface area contributed by atoms with Crippen LogP contribution in [0.25, 0.3) is 0 Å². The maximum absolute atomic E-state index is 13.9. The summed E-state index contributed by atoms with van der Waals surface area (Å²) in [5.41, 5.74) is 0.730.